The molecule has 1 heterocycles. The Morgan fingerprint density at radius 2 is 2.11 bits per heavy atom. The third kappa shape index (κ3) is 2.36. The zero-order valence-electron chi connectivity index (χ0n) is 11.8. The number of nitrogens with one attached hydrogen (secondary N) is 1. The number of aromatic nitrogens is 2. The zero-order chi connectivity index (χ0) is 13.4. The van der Waals surface area contributed by atoms with Crippen LogP contribution in [0.3, 0.4) is 0 Å². The lowest BCUT2D eigenvalue weighted by Crippen LogP contribution is -2.22. The van der Waals surface area contributed by atoms with Gasteiger partial charge in [0.2, 0.25) is 0 Å². The lowest BCUT2D eigenvalue weighted by molar-refractivity contribution is 0.230. The smallest absolute Gasteiger partial charge is 0.178 e. The Bertz CT molecular complexity index is 638. The summed E-state index contributed by atoms with van der Waals surface area (Å²) < 4.78 is 3.19. The van der Waals surface area contributed by atoms with Crippen LogP contribution in [-0.4, -0.2) is 9.55 Å². The molecule has 1 aromatic carbocycles. The molecule has 2 atom stereocenters. The van der Waals surface area contributed by atoms with Crippen molar-refractivity contribution in [1.29, 1.82) is 0 Å². The van der Waals surface area contributed by atoms with Crippen molar-refractivity contribution in [2.45, 2.75) is 46.1 Å². The first-order valence-corrected chi connectivity index (χ1v) is 7.76. The number of para-hydroxylation sites is 1. The molecule has 1 aromatic heterocycles. The van der Waals surface area contributed by atoms with Crippen LogP contribution in [0.25, 0.3) is 11.0 Å². The first-order valence-electron chi connectivity index (χ1n) is 7.35. The van der Waals surface area contributed by atoms with Gasteiger partial charge in [0.1, 0.15) is 0 Å². The lowest BCUT2D eigenvalue weighted by atomic mass is 9.80. The average Bonchev–Trinajstić information content (AvgIpc) is 2.71. The maximum atomic E-state index is 5.53. The highest BCUT2D eigenvalue weighted by molar-refractivity contribution is 7.71. The zero-order valence-corrected chi connectivity index (χ0v) is 12.6. The van der Waals surface area contributed by atoms with E-state index in [0.717, 1.165) is 23.2 Å². The Labute approximate surface area is 119 Å². The maximum absolute atomic E-state index is 5.53. The van der Waals surface area contributed by atoms with E-state index in [4.69, 9.17) is 12.2 Å². The number of fused-ring (bicyclic) bond motifs is 1. The van der Waals surface area contributed by atoms with Crippen molar-refractivity contribution >= 4 is 23.3 Å². The van der Waals surface area contributed by atoms with Gasteiger partial charge in [-0.3, -0.25) is 0 Å². The number of imidazole rings is 1. The van der Waals surface area contributed by atoms with Crippen LogP contribution >= 0.6 is 12.2 Å². The highest BCUT2D eigenvalue weighted by Gasteiger charge is 2.22. The predicted molar refractivity (Wildman–Crippen MR) is 83.0 cm³/mol. The fourth-order valence-electron chi connectivity index (χ4n) is 3.40. The third-order valence-corrected chi connectivity index (χ3v) is 5.05. The molecule has 2 nitrogen and oxygen atoms in total. The topological polar surface area (TPSA) is 20.7 Å². The number of aromatic amines is 1. The van der Waals surface area contributed by atoms with Crippen LogP contribution in [0.1, 0.15) is 38.2 Å². The van der Waals surface area contributed by atoms with Gasteiger partial charge >= 0.3 is 0 Å². The number of hydrogen-bond donors (Lipinski definition) is 1. The van der Waals surface area contributed by atoms with Gasteiger partial charge in [-0.15, -0.1) is 0 Å². The summed E-state index contributed by atoms with van der Waals surface area (Å²) in [5, 5.41) is 0. The highest BCUT2D eigenvalue weighted by Crippen LogP contribution is 2.32. The lowest BCUT2D eigenvalue weighted by Gasteiger charge is -2.29. The van der Waals surface area contributed by atoms with Gasteiger partial charge in [0.25, 0.3) is 0 Å². The Morgan fingerprint density at radius 3 is 2.89 bits per heavy atom. The van der Waals surface area contributed by atoms with Crippen LogP contribution < -0.4 is 0 Å². The molecule has 1 fully saturated rings. The number of aryl methyl sites for hydroxylation is 1. The van der Waals surface area contributed by atoms with Gasteiger partial charge in [-0.05, 0) is 49.0 Å². The van der Waals surface area contributed by atoms with Crippen LogP contribution in [0, 0.1) is 23.5 Å². The van der Waals surface area contributed by atoms with Gasteiger partial charge in [0.15, 0.2) is 4.77 Å². The van der Waals surface area contributed by atoms with Crippen LogP contribution in [0.2, 0.25) is 0 Å². The third-order valence-electron chi connectivity index (χ3n) is 4.72. The SMILES string of the molecule is Cc1cccc2c1[nH]c(=S)n2CC1CCCCC1C. The molecule has 0 bridgehead atoms. The van der Waals surface area contributed by atoms with E-state index in [0.29, 0.717) is 0 Å². The van der Waals surface area contributed by atoms with Gasteiger partial charge in [-0.2, -0.15) is 0 Å². The van der Waals surface area contributed by atoms with Crippen molar-refractivity contribution in [2.24, 2.45) is 11.8 Å². The number of benzene rings is 1. The quantitative estimate of drug-likeness (QED) is 0.778. The maximum Gasteiger partial charge on any atom is 0.178 e. The summed E-state index contributed by atoms with van der Waals surface area (Å²) in [5.41, 5.74) is 3.75. The number of rotatable bonds is 2. The molecule has 1 N–H and O–H groups in total. The minimum atomic E-state index is 0.778. The van der Waals surface area contributed by atoms with Crippen molar-refractivity contribution in [3.63, 3.8) is 0 Å². The second kappa shape index (κ2) is 5.12. The van der Waals surface area contributed by atoms with Crippen molar-refractivity contribution in [2.75, 3.05) is 0 Å². The summed E-state index contributed by atoms with van der Waals surface area (Å²) >= 11 is 5.53. The van der Waals surface area contributed by atoms with E-state index in [1.807, 2.05) is 0 Å². The molecule has 1 aliphatic carbocycles. The fourth-order valence-corrected chi connectivity index (χ4v) is 3.68. The van der Waals surface area contributed by atoms with Crippen molar-refractivity contribution in [3.05, 3.63) is 28.5 Å². The van der Waals surface area contributed by atoms with E-state index in [9.17, 15) is 0 Å². The molecule has 1 aliphatic rings. The number of hydrogen-bond acceptors (Lipinski definition) is 1. The molecule has 2 unspecified atom stereocenters. The Balaban J connectivity index is 1.98. The van der Waals surface area contributed by atoms with Crippen LogP contribution in [0.5, 0.6) is 0 Å². The van der Waals surface area contributed by atoms with Crippen LogP contribution in [0.4, 0.5) is 0 Å². The summed E-state index contributed by atoms with van der Waals surface area (Å²) in [6.07, 6.45) is 5.50. The minimum absolute atomic E-state index is 0.778. The van der Waals surface area contributed by atoms with Gasteiger partial charge in [-0.25, -0.2) is 0 Å². The number of H-pyrrole nitrogens is 1. The summed E-state index contributed by atoms with van der Waals surface area (Å²) in [6, 6.07) is 6.45. The summed E-state index contributed by atoms with van der Waals surface area (Å²) in [7, 11) is 0. The number of nitrogens with zero attached hydrogens (tertiary/aromatic N) is 1. The fraction of sp³-hybridized carbons (Fsp3) is 0.562. The molecular weight excluding hydrogens is 252 g/mol. The Kier molecular flexibility index (Phi) is 3.48. The van der Waals surface area contributed by atoms with Crippen LogP contribution in [0.15, 0.2) is 18.2 Å². The molecule has 0 aliphatic heterocycles. The summed E-state index contributed by atoms with van der Waals surface area (Å²) in [6.45, 7) is 5.61. The van der Waals surface area contributed by atoms with Gasteiger partial charge in [0, 0.05) is 6.54 Å². The van der Waals surface area contributed by atoms with Crippen LogP contribution in [-0.2, 0) is 6.54 Å². The summed E-state index contributed by atoms with van der Waals surface area (Å²) in [4.78, 5) is 3.38. The first-order chi connectivity index (χ1) is 9.16. The first kappa shape index (κ1) is 12.9. The molecule has 0 saturated heterocycles. The highest BCUT2D eigenvalue weighted by atomic mass is 32.1. The predicted octanol–water partition coefficient (Wildman–Crippen LogP) is 4.83. The van der Waals surface area contributed by atoms with E-state index < -0.39 is 0 Å². The van der Waals surface area contributed by atoms with Gasteiger partial charge < -0.3 is 9.55 Å². The standard InChI is InChI=1S/C16H22N2S/c1-11-6-3-4-8-13(11)10-18-14-9-5-7-12(2)15(14)17-16(18)19/h5,7,9,11,13H,3-4,6,8,10H2,1-2H3,(H,17,19). The van der Waals surface area contributed by atoms with Gasteiger partial charge in [0.05, 0.1) is 11.0 Å². The monoisotopic (exact) mass is 274 g/mol. The van der Waals surface area contributed by atoms with Gasteiger partial charge in [-0.1, -0.05) is 38.3 Å². The molecule has 0 amide bonds. The van der Waals surface area contributed by atoms with E-state index >= 15 is 0 Å². The molecule has 3 heteroatoms. The molecule has 3 rings (SSSR count). The van der Waals surface area contributed by atoms with Crippen molar-refractivity contribution in [3.8, 4) is 0 Å². The Morgan fingerprint density at radius 1 is 1.32 bits per heavy atom. The molecule has 0 spiro atoms. The molecular formula is C16H22N2S. The van der Waals surface area contributed by atoms with E-state index in [2.05, 4.69) is 41.6 Å². The average molecular weight is 274 g/mol. The van der Waals surface area contributed by atoms with E-state index in [-0.39, 0.29) is 0 Å². The molecule has 2 aromatic rings. The largest absolute Gasteiger partial charge is 0.330 e. The molecule has 19 heavy (non-hydrogen) atoms. The normalized spacial score (nSPS) is 23.9. The second-order valence-electron chi connectivity index (χ2n) is 6.03. The van der Waals surface area contributed by atoms with Crippen molar-refractivity contribution in [1.82, 2.24) is 9.55 Å². The molecule has 0 radical (unpaired) electrons. The van der Waals surface area contributed by atoms with Crippen molar-refractivity contribution < 1.29 is 0 Å². The van der Waals surface area contributed by atoms with E-state index in [1.54, 1.807) is 0 Å². The minimum Gasteiger partial charge on any atom is -0.330 e. The molecule has 1 saturated carbocycles. The summed E-state index contributed by atoms with van der Waals surface area (Å²) in [5.74, 6) is 1.60. The Hall–Kier alpha value is -1.09. The second-order valence-corrected chi connectivity index (χ2v) is 6.42. The van der Waals surface area contributed by atoms with E-state index in [1.165, 1.54) is 42.3 Å². The molecule has 102 valence electrons.